The second kappa shape index (κ2) is 8.42. The fourth-order valence-corrected chi connectivity index (χ4v) is 1.91. The van der Waals surface area contributed by atoms with Gasteiger partial charge < -0.3 is 10.6 Å². The van der Waals surface area contributed by atoms with E-state index in [0.717, 1.165) is 5.56 Å². The van der Waals surface area contributed by atoms with Gasteiger partial charge >= 0.3 is 0 Å². The standard InChI is InChI=1S/C16H25N3O2/c1-12(2)18-15(20)9-17-16(21)11-19(4)10-14-7-5-13(3)6-8-14/h5-8,12H,9-11H2,1-4H3,(H,17,21)(H,18,20). The SMILES string of the molecule is Cc1ccc(CN(C)CC(=O)NCC(=O)NC(C)C)cc1. The minimum Gasteiger partial charge on any atom is -0.352 e. The van der Waals surface area contributed by atoms with Gasteiger partial charge in [-0.15, -0.1) is 0 Å². The first kappa shape index (κ1) is 17.2. The Morgan fingerprint density at radius 1 is 1.14 bits per heavy atom. The molecule has 116 valence electrons. The molecule has 0 saturated heterocycles. The molecule has 5 heteroatoms. The first-order chi connectivity index (χ1) is 9.86. The molecule has 0 heterocycles. The van der Waals surface area contributed by atoms with E-state index in [2.05, 4.69) is 34.9 Å². The monoisotopic (exact) mass is 291 g/mol. The molecule has 0 aliphatic heterocycles. The third-order valence-electron chi connectivity index (χ3n) is 2.88. The highest BCUT2D eigenvalue weighted by Crippen LogP contribution is 2.05. The Hall–Kier alpha value is -1.88. The number of hydrogen-bond acceptors (Lipinski definition) is 3. The minimum atomic E-state index is -0.167. The van der Waals surface area contributed by atoms with E-state index >= 15 is 0 Å². The average molecular weight is 291 g/mol. The summed E-state index contributed by atoms with van der Waals surface area (Å²) in [6.07, 6.45) is 0. The van der Waals surface area contributed by atoms with E-state index in [-0.39, 0.29) is 30.9 Å². The van der Waals surface area contributed by atoms with Crippen molar-refractivity contribution in [2.24, 2.45) is 0 Å². The molecule has 0 saturated carbocycles. The zero-order valence-corrected chi connectivity index (χ0v) is 13.3. The predicted octanol–water partition coefficient (Wildman–Crippen LogP) is 1.07. The van der Waals surface area contributed by atoms with E-state index in [0.29, 0.717) is 6.54 Å². The summed E-state index contributed by atoms with van der Waals surface area (Å²) in [5, 5.41) is 5.35. The molecule has 0 spiro atoms. The van der Waals surface area contributed by atoms with Crippen LogP contribution in [0, 0.1) is 6.92 Å². The molecule has 1 rings (SSSR count). The fraction of sp³-hybridized carbons (Fsp3) is 0.500. The van der Waals surface area contributed by atoms with Gasteiger partial charge in [0.25, 0.3) is 0 Å². The molecular formula is C16H25N3O2. The molecule has 0 aliphatic rings. The largest absolute Gasteiger partial charge is 0.352 e. The van der Waals surface area contributed by atoms with Crippen LogP contribution in [0.2, 0.25) is 0 Å². The molecule has 0 aliphatic carbocycles. The highest BCUT2D eigenvalue weighted by Gasteiger charge is 2.09. The smallest absolute Gasteiger partial charge is 0.239 e. The third-order valence-corrected chi connectivity index (χ3v) is 2.88. The number of hydrogen-bond donors (Lipinski definition) is 2. The van der Waals surface area contributed by atoms with E-state index in [4.69, 9.17) is 0 Å². The van der Waals surface area contributed by atoms with Crippen molar-refractivity contribution in [3.8, 4) is 0 Å². The van der Waals surface area contributed by atoms with Gasteiger partial charge in [-0.1, -0.05) is 29.8 Å². The van der Waals surface area contributed by atoms with Crippen LogP contribution in [0.1, 0.15) is 25.0 Å². The van der Waals surface area contributed by atoms with Gasteiger partial charge in [-0.2, -0.15) is 0 Å². The minimum absolute atomic E-state index is 0.0232. The number of carbonyl (C=O) groups is 2. The Kier molecular flexibility index (Phi) is 6.88. The summed E-state index contributed by atoms with van der Waals surface area (Å²) in [4.78, 5) is 25.1. The van der Waals surface area contributed by atoms with Crippen molar-refractivity contribution in [3.63, 3.8) is 0 Å². The summed E-state index contributed by atoms with van der Waals surface area (Å²) in [7, 11) is 1.88. The first-order valence-electron chi connectivity index (χ1n) is 7.17. The summed E-state index contributed by atoms with van der Waals surface area (Å²) >= 11 is 0. The maximum Gasteiger partial charge on any atom is 0.239 e. The number of carbonyl (C=O) groups excluding carboxylic acids is 2. The van der Waals surface area contributed by atoms with Crippen LogP contribution in [0.3, 0.4) is 0 Å². The van der Waals surface area contributed by atoms with Crippen molar-refractivity contribution in [2.75, 3.05) is 20.1 Å². The molecular weight excluding hydrogens is 266 g/mol. The molecule has 0 atom stereocenters. The molecule has 2 N–H and O–H groups in total. The summed E-state index contributed by atoms with van der Waals surface area (Å²) in [6.45, 7) is 6.80. The fourth-order valence-electron chi connectivity index (χ4n) is 1.91. The van der Waals surface area contributed by atoms with Crippen LogP contribution in [0.4, 0.5) is 0 Å². The van der Waals surface area contributed by atoms with Crippen LogP contribution < -0.4 is 10.6 Å². The summed E-state index contributed by atoms with van der Waals surface area (Å²) < 4.78 is 0. The normalized spacial score (nSPS) is 10.8. The predicted molar refractivity (Wildman–Crippen MR) is 83.8 cm³/mol. The molecule has 0 bridgehead atoms. The number of likely N-dealkylation sites (N-methyl/N-ethyl adjacent to an activating group) is 1. The topological polar surface area (TPSA) is 61.4 Å². The van der Waals surface area contributed by atoms with E-state index in [1.54, 1.807) is 0 Å². The Morgan fingerprint density at radius 2 is 1.76 bits per heavy atom. The zero-order valence-electron chi connectivity index (χ0n) is 13.3. The van der Waals surface area contributed by atoms with Crippen molar-refractivity contribution in [1.82, 2.24) is 15.5 Å². The molecule has 0 fully saturated rings. The first-order valence-corrected chi connectivity index (χ1v) is 7.17. The maximum absolute atomic E-state index is 11.8. The lowest BCUT2D eigenvalue weighted by molar-refractivity contribution is -0.126. The third kappa shape index (κ3) is 7.46. The number of rotatable bonds is 7. The number of nitrogens with zero attached hydrogens (tertiary/aromatic N) is 1. The highest BCUT2D eigenvalue weighted by atomic mass is 16.2. The van der Waals surface area contributed by atoms with Crippen molar-refractivity contribution < 1.29 is 9.59 Å². The van der Waals surface area contributed by atoms with E-state index in [9.17, 15) is 9.59 Å². The molecule has 0 radical (unpaired) electrons. The Bertz CT molecular complexity index is 469. The van der Waals surface area contributed by atoms with Gasteiger partial charge in [0.05, 0.1) is 13.1 Å². The molecule has 21 heavy (non-hydrogen) atoms. The average Bonchev–Trinajstić information content (AvgIpc) is 2.38. The van der Waals surface area contributed by atoms with Crippen molar-refractivity contribution in [2.45, 2.75) is 33.4 Å². The van der Waals surface area contributed by atoms with Crippen LogP contribution in [0.15, 0.2) is 24.3 Å². The summed E-state index contributed by atoms with van der Waals surface area (Å²) in [5.74, 6) is -0.317. The highest BCUT2D eigenvalue weighted by molar-refractivity contribution is 5.85. The van der Waals surface area contributed by atoms with E-state index in [1.165, 1.54) is 5.56 Å². The van der Waals surface area contributed by atoms with Gasteiger partial charge in [0.1, 0.15) is 0 Å². The Morgan fingerprint density at radius 3 is 2.33 bits per heavy atom. The lowest BCUT2D eigenvalue weighted by Crippen LogP contribution is -2.42. The number of benzene rings is 1. The lowest BCUT2D eigenvalue weighted by Gasteiger charge is -2.16. The molecule has 1 aromatic rings. The van der Waals surface area contributed by atoms with Gasteiger partial charge in [-0.25, -0.2) is 0 Å². The van der Waals surface area contributed by atoms with Crippen molar-refractivity contribution in [1.29, 1.82) is 0 Å². The quantitative estimate of drug-likeness (QED) is 0.790. The van der Waals surface area contributed by atoms with Crippen molar-refractivity contribution >= 4 is 11.8 Å². The number of amides is 2. The molecule has 1 aromatic carbocycles. The van der Waals surface area contributed by atoms with Crippen LogP contribution in [-0.4, -0.2) is 42.9 Å². The van der Waals surface area contributed by atoms with Gasteiger partial charge in [-0.05, 0) is 33.4 Å². The summed E-state index contributed by atoms with van der Waals surface area (Å²) in [6, 6.07) is 8.30. The van der Waals surface area contributed by atoms with Crippen LogP contribution in [0.25, 0.3) is 0 Å². The van der Waals surface area contributed by atoms with E-state index in [1.807, 2.05) is 32.7 Å². The number of nitrogens with one attached hydrogen (secondary N) is 2. The second-order valence-electron chi connectivity index (χ2n) is 5.66. The van der Waals surface area contributed by atoms with Crippen LogP contribution >= 0.6 is 0 Å². The second-order valence-corrected chi connectivity index (χ2v) is 5.66. The molecule has 0 aromatic heterocycles. The van der Waals surface area contributed by atoms with E-state index < -0.39 is 0 Å². The number of aryl methyl sites for hydroxylation is 1. The Balaban J connectivity index is 2.30. The van der Waals surface area contributed by atoms with Crippen LogP contribution in [-0.2, 0) is 16.1 Å². The Labute approximate surface area is 126 Å². The summed E-state index contributed by atoms with van der Waals surface area (Å²) in [5.41, 5.74) is 2.38. The van der Waals surface area contributed by atoms with Gasteiger partial charge in [-0.3, -0.25) is 14.5 Å². The molecule has 2 amide bonds. The van der Waals surface area contributed by atoms with Gasteiger partial charge in [0, 0.05) is 12.6 Å². The van der Waals surface area contributed by atoms with Crippen molar-refractivity contribution in [3.05, 3.63) is 35.4 Å². The van der Waals surface area contributed by atoms with Crippen LogP contribution in [0.5, 0.6) is 0 Å². The maximum atomic E-state index is 11.8. The molecule has 0 unspecified atom stereocenters. The zero-order chi connectivity index (χ0) is 15.8. The molecule has 5 nitrogen and oxygen atoms in total. The van der Waals surface area contributed by atoms with Gasteiger partial charge in [0.2, 0.25) is 11.8 Å². The lowest BCUT2D eigenvalue weighted by atomic mass is 10.1. The van der Waals surface area contributed by atoms with Gasteiger partial charge in [0.15, 0.2) is 0 Å².